The average molecular weight is 421 g/mol. The highest BCUT2D eigenvalue weighted by Crippen LogP contribution is 2.23. The molecule has 0 aliphatic carbocycles. The van der Waals surface area contributed by atoms with Crippen molar-refractivity contribution in [2.75, 3.05) is 11.1 Å². The van der Waals surface area contributed by atoms with Crippen LogP contribution < -0.4 is 5.32 Å². The van der Waals surface area contributed by atoms with Crippen LogP contribution in [0.5, 0.6) is 0 Å². The van der Waals surface area contributed by atoms with Crippen LogP contribution in [-0.2, 0) is 17.8 Å². The summed E-state index contributed by atoms with van der Waals surface area (Å²) in [6, 6.07) is 14.8. The van der Waals surface area contributed by atoms with E-state index >= 15 is 0 Å². The number of amides is 1. The fraction of sp³-hybridized carbons (Fsp3) is 0.211. The van der Waals surface area contributed by atoms with Crippen molar-refractivity contribution < 1.29 is 4.79 Å². The highest BCUT2D eigenvalue weighted by Gasteiger charge is 2.14. The smallest absolute Gasteiger partial charge is 0.234 e. The van der Waals surface area contributed by atoms with Gasteiger partial charge in [-0.25, -0.2) is 0 Å². The molecule has 0 spiro atoms. The number of para-hydroxylation sites is 1. The molecule has 0 bridgehead atoms. The first-order valence-corrected chi connectivity index (χ1v) is 10.1. The van der Waals surface area contributed by atoms with Crippen molar-refractivity contribution in [2.45, 2.75) is 25.0 Å². The standard InChI is InChI=1S/C19H18Cl2N4OS/c1-2-25-17(11-13-7-9-14(20)10-8-13)23-24-19(25)27-12-18(26)22-16-6-4-3-5-15(16)21/h3-10H,2,11-12H2,1H3,(H,22,26). The quantitative estimate of drug-likeness (QED) is 0.550. The van der Waals surface area contributed by atoms with E-state index in [2.05, 4.69) is 15.5 Å². The van der Waals surface area contributed by atoms with Gasteiger partial charge < -0.3 is 9.88 Å². The van der Waals surface area contributed by atoms with Gasteiger partial charge in [0.05, 0.1) is 16.5 Å². The lowest BCUT2D eigenvalue weighted by Crippen LogP contribution is -2.15. The van der Waals surface area contributed by atoms with Crippen LogP contribution in [0.25, 0.3) is 0 Å². The predicted octanol–water partition coefficient (Wildman–Crippen LogP) is 4.93. The van der Waals surface area contributed by atoms with Crippen LogP contribution in [0.2, 0.25) is 10.0 Å². The number of thioether (sulfide) groups is 1. The van der Waals surface area contributed by atoms with Crippen molar-refractivity contribution in [2.24, 2.45) is 0 Å². The Morgan fingerprint density at radius 1 is 1.11 bits per heavy atom. The first-order valence-electron chi connectivity index (χ1n) is 8.40. The Bertz CT molecular complexity index is 928. The van der Waals surface area contributed by atoms with Gasteiger partial charge >= 0.3 is 0 Å². The number of nitrogens with zero attached hydrogens (tertiary/aromatic N) is 3. The van der Waals surface area contributed by atoms with Crippen molar-refractivity contribution in [1.82, 2.24) is 14.8 Å². The van der Waals surface area contributed by atoms with Gasteiger partial charge in [0.15, 0.2) is 5.16 Å². The molecule has 0 saturated carbocycles. The largest absolute Gasteiger partial charge is 0.324 e. The molecule has 27 heavy (non-hydrogen) atoms. The molecule has 1 aromatic heterocycles. The Morgan fingerprint density at radius 3 is 2.56 bits per heavy atom. The number of nitrogens with one attached hydrogen (secondary N) is 1. The third-order valence-electron chi connectivity index (χ3n) is 3.87. The van der Waals surface area contributed by atoms with Crippen LogP contribution in [0.4, 0.5) is 5.69 Å². The molecule has 1 N–H and O–H groups in total. The number of hydrogen-bond donors (Lipinski definition) is 1. The average Bonchev–Trinajstić information content (AvgIpc) is 3.05. The van der Waals surface area contributed by atoms with E-state index in [0.717, 1.165) is 23.1 Å². The summed E-state index contributed by atoms with van der Waals surface area (Å²) in [6.45, 7) is 2.76. The Morgan fingerprint density at radius 2 is 1.85 bits per heavy atom. The van der Waals surface area contributed by atoms with Crippen LogP contribution in [-0.4, -0.2) is 26.4 Å². The molecule has 1 heterocycles. The third-order valence-corrected chi connectivity index (χ3v) is 5.41. The second-order valence-corrected chi connectivity index (χ2v) is 7.55. The summed E-state index contributed by atoms with van der Waals surface area (Å²) >= 11 is 13.4. The maximum Gasteiger partial charge on any atom is 0.234 e. The van der Waals surface area contributed by atoms with E-state index < -0.39 is 0 Å². The van der Waals surface area contributed by atoms with E-state index in [1.807, 2.05) is 47.9 Å². The summed E-state index contributed by atoms with van der Waals surface area (Å²) in [7, 11) is 0. The Balaban J connectivity index is 1.63. The van der Waals surface area contributed by atoms with E-state index in [-0.39, 0.29) is 11.7 Å². The molecule has 3 aromatic rings. The first-order chi connectivity index (χ1) is 13.1. The number of aromatic nitrogens is 3. The second-order valence-electron chi connectivity index (χ2n) is 5.76. The van der Waals surface area contributed by atoms with E-state index in [1.165, 1.54) is 11.8 Å². The van der Waals surface area contributed by atoms with Gasteiger partial charge in [0.1, 0.15) is 5.82 Å². The number of hydrogen-bond acceptors (Lipinski definition) is 4. The van der Waals surface area contributed by atoms with E-state index in [4.69, 9.17) is 23.2 Å². The molecular formula is C19H18Cl2N4OS. The van der Waals surface area contributed by atoms with Gasteiger partial charge in [0.25, 0.3) is 0 Å². The molecule has 0 aliphatic heterocycles. The van der Waals surface area contributed by atoms with Crippen LogP contribution in [0.3, 0.4) is 0 Å². The molecule has 5 nitrogen and oxygen atoms in total. The zero-order valence-corrected chi connectivity index (χ0v) is 17.0. The van der Waals surface area contributed by atoms with Crippen LogP contribution in [0.1, 0.15) is 18.3 Å². The van der Waals surface area contributed by atoms with E-state index in [1.54, 1.807) is 12.1 Å². The molecule has 0 radical (unpaired) electrons. The maximum atomic E-state index is 12.2. The summed E-state index contributed by atoms with van der Waals surface area (Å²) in [5, 5.41) is 13.3. The third kappa shape index (κ3) is 5.25. The minimum absolute atomic E-state index is 0.141. The molecule has 140 valence electrons. The molecule has 3 rings (SSSR count). The summed E-state index contributed by atoms with van der Waals surface area (Å²) in [5.41, 5.74) is 1.71. The zero-order valence-electron chi connectivity index (χ0n) is 14.7. The van der Waals surface area contributed by atoms with Gasteiger partial charge in [-0.3, -0.25) is 4.79 Å². The zero-order chi connectivity index (χ0) is 19.2. The van der Waals surface area contributed by atoms with Crippen molar-refractivity contribution in [1.29, 1.82) is 0 Å². The highest BCUT2D eigenvalue weighted by atomic mass is 35.5. The van der Waals surface area contributed by atoms with Gasteiger partial charge in [-0.15, -0.1) is 10.2 Å². The fourth-order valence-corrected chi connectivity index (χ4v) is 3.67. The molecule has 0 unspecified atom stereocenters. The maximum absolute atomic E-state index is 12.2. The minimum Gasteiger partial charge on any atom is -0.324 e. The summed E-state index contributed by atoms with van der Waals surface area (Å²) < 4.78 is 2.02. The lowest BCUT2D eigenvalue weighted by molar-refractivity contribution is -0.113. The van der Waals surface area contributed by atoms with Crippen molar-refractivity contribution in [3.8, 4) is 0 Å². The number of halogens is 2. The Hall–Kier alpha value is -2.02. The van der Waals surface area contributed by atoms with Crippen LogP contribution in [0.15, 0.2) is 53.7 Å². The second kappa shape index (κ2) is 9.26. The molecular weight excluding hydrogens is 403 g/mol. The Kier molecular flexibility index (Phi) is 6.77. The lowest BCUT2D eigenvalue weighted by atomic mass is 10.1. The molecule has 0 fully saturated rings. The molecule has 0 saturated heterocycles. The number of carbonyl (C=O) groups is 1. The van der Waals surface area contributed by atoms with Crippen LogP contribution in [0, 0.1) is 0 Å². The molecule has 0 aliphatic rings. The number of carbonyl (C=O) groups excluding carboxylic acids is 1. The molecule has 1 amide bonds. The topological polar surface area (TPSA) is 59.8 Å². The van der Waals surface area contributed by atoms with Gasteiger partial charge in [-0.2, -0.15) is 0 Å². The Labute approximate surface area is 172 Å². The summed E-state index contributed by atoms with van der Waals surface area (Å²) in [5.74, 6) is 0.941. The number of rotatable bonds is 7. The number of benzene rings is 2. The van der Waals surface area contributed by atoms with Crippen molar-refractivity contribution in [3.05, 3.63) is 70.0 Å². The SMILES string of the molecule is CCn1c(Cc2ccc(Cl)cc2)nnc1SCC(=O)Nc1ccccc1Cl. The first kappa shape index (κ1) is 19.7. The molecule has 0 atom stereocenters. The van der Waals surface area contributed by atoms with Gasteiger partial charge in [0.2, 0.25) is 5.91 Å². The van der Waals surface area contributed by atoms with Crippen molar-refractivity contribution in [3.63, 3.8) is 0 Å². The van der Waals surface area contributed by atoms with Crippen LogP contribution >= 0.6 is 35.0 Å². The van der Waals surface area contributed by atoms with Gasteiger partial charge in [-0.05, 0) is 36.8 Å². The highest BCUT2D eigenvalue weighted by molar-refractivity contribution is 7.99. The summed E-state index contributed by atoms with van der Waals surface area (Å²) in [6.07, 6.45) is 0.657. The van der Waals surface area contributed by atoms with Crippen molar-refractivity contribution >= 4 is 46.6 Å². The molecule has 8 heteroatoms. The van der Waals surface area contributed by atoms with Gasteiger partial charge in [0, 0.05) is 18.0 Å². The number of anilines is 1. The lowest BCUT2D eigenvalue weighted by Gasteiger charge is -2.08. The minimum atomic E-state index is -0.141. The molecule has 2 aromatic carbocycles. The fourth-order valence-electron chi connectivity index (χ4n) is 2.54. The monoisotopic (exact) mass is 420 g/mol. The van der Waals surface area contributed by atoms with Gasteiger partial charge in [-0.1, -0.05) is 59.2 Å². The predicted molar refractivity (Wildman–Crippen MR) is 111 cm³/mol. The normalized spacial score (nSPS) is 10.8. The van der Waals surface area contributed by atoms with E-state index in [0.29, 0.717) is 22.2 Å². The van der Waals surface area contributed by atoms with E-state index in [9.17, 15) is 4.79 Å². The summed E-state index contributed by atoms with van der Waals surface area (Å²) in [4.78, 5) is 12.2.